The number of nitriles is 2. The third-order valence-electron chi connectivity index (χ3n) is 22.5. The zero-order valence-electron chi connectivity index (χ0n) is 61.4. The molecule has 7 heterocycles. The molecule has 0 bridgehead atoms. The first-order valence-electron chi connectivity index (χ1n) is 38.2. The average molecular weight is 1540 g/mol. The Morgan fingerprint density at radius 2 is 0.687 bits per heavy atom. The van der Waals surface area contributed by atoms with Gasteiger partial charge in [0.1, 0.15) is 45.7 Å². The van der Waals surface area contributed by atoms with Crippen molar-refractivity contribution >= 4 is 147 Å². The van der Waals surface area contributed by atoms with Crippen molar-refractivity contribution in [2.24, 2.45) is 0 Å². The van der Waals surface area contributed by atoms with Crippen molar-refractivity contribution in [3.8, 4) is 85.4 Å². The molecule has 12 heteroatoms. The minimum absolute atomic E-state index is 0.469. The molecular weight excluding hydrogens is 1480 g/mol. The van der Waals surface area contributed by atoms with E-state index in [2.05, 4.69) is 309 Å². The van der Waals surface area contributed by atoms with Gasteiger partial charge in [0.15, 0.2) is 0 Å². The van der Waals surface area contributed by atoms with Gasteiger partial charge in [0.25, 0.3) is 0 Å². The smallest absolute Gasteiger partial charge is 0.246 e. The molecule has 0 amide bonds. The van der Waals surface area contributed by atoms with Gasteiger partial charge in [0.2, 0.25) is 11.4 Å². The molecule has 0 saturated carbocycles. The number of fused-ring (bicyclic) bond motifs is 20. The highest BCUT2D eigenvalue weighted by atomic mass is 79.9. The van der Waals surface area contributed by atoms with E-state index >= 15 is 0 Å². The molecule has 0 saturated heterocycles. The summed E-state index contributed by atoms with van der Waals surface area (Å²) >= 11 is 3.49. The molecule has 7 aromatic heterocycles. The minimum Gasteiger partial charge on any atom is -0.436 e. The lowest BCUT2D eigenvalue weighted by Gasteiger charge is -2.14. The van der Waals surface area contributed by atoms with Gasteiger partial charge in [-0.2, -0.15) is 10.5 Å². The Bertz CT molecular complexity index is 8070. The third-order valence-corrected chi connectivity index (χ3v) is 23.2. The fourth-order valence-electron chi connectivity index (χ4n) is 17.3. The highest BCUT2D eigenvalue weighted by Crippen LogP contribution is 2.45. The molecule has 536 valence electrons. The maximum Gasteiger partial charge on any atom is 0.246 e. The number of rotatable bonds is 7. The molecular formula is C103H60BrN9O2. The summed E-state index contributed by atoms with van der Waals surface area (Å²) in [5.41, 5.74) is 26.4. The normalized spacial score (nSPS) is 11.8. The van der Waals surface area contributed by atoms with Crippen LogP contribution in [0.3, 0.4) is 0 Å². The SMILES string of the molecule is N#Cc1cc(-c2nc3c(nc2-c2ccc4c(c2)c2ccccc2n4-c2ccccc2)oc2ccccc23)ccc1-n1c2ccccc2c2cc3ccccc3cc21.N#Cc1cc(-c2nc3c(nc2-c2ccc4c(c2)c2ccccc2n4-c2ccccc2)oc2ccccc23)ccc1Br.c1ccc2c(c1)Cc1cc3ccccc3cc1-2. The third kappa shape index (κ3) is 11.1. The molecule has 24 rings (SSSR count). The zero-order chi connectivity index (χ0) is 76.4. The summed E-state index contributed by atoms with van der Waals surface area (Å²) in [6, 6.07) is 126. The largest absolute Gasteiger partial charge is 0.436 e. The lowest BCUT2D eigenvalue weighted by atomic mass is 9.99. The van der Waals surface area contributed by atoms with Crippen LogP contribution in [-0.2, 0) is 6.42 Å². The Morgan fingerprint density at radius 3 is 1.23 bits per heavy atom. The van der Waals surface area contributed by atoms with Gasteiger partial charge in [0, 0.05) is 81.2 Å². The van der Waals surface area contributed by atoms with Crippen LogP contribution in [0, 0.1) is 22.7 Å². The van der Waals surface area contributed by atoms with E-state index in [4.69, 9.17) is 28.8 Å². The molecule has 0 N–H and O–H groups in total. The highest BCUT2D eigenvalue weighted by Gasteiger charge is 2.26. The van der Waals surface area contributed by atoms with Crippen LogP contribution in [-0.4, -0.2) is 33.6 Å². The Balaban J connectivity index is 0.000000120. The van der Waals surface area contributed by atoms with Gasteiger partial charge in [-0.15, -0.1) is 0 Å². The molecule has 115 heavy (non-hydrogen) atoms. The van der Waals surface area contributed by atoms with Gasteiger partial charge >= 0.3 is 0 Å². The second kappa shape index (κ2) is 27.0. The summed E-state index contributed by atoms with van der Waals surface area (Å²) < 4.78 is 20.0. The van der Waals surface area contributed by atoms with Crippen LogP contribution in [0.1, 0.15) is 22.3 Å². The molecule has 0 fully saturated rings. The summed E-state index contributed by atoms with van der Waals surface area (Å²) in [4.78, 5) is 20.7. The lowest BCUT2D eigenvalue weighted by Crippen LogP contribution is -2.00. The summed E-state index contributed by atoms with van der Waals surface area (Å²) in [6.07, 6.45) is 1.08. The molecule has 23 aromatic rings. The predicted molar refractivity (Wildman–Crippen MR) is 470 cm³/mol. The monoisotopic (exact) mass is 1530 g/mol. The maximum atomic E-state index is 10.9. The average Bonchev–Trinajstić information content (AvgIpc) is 1.71. The Morgan fingerprint density at radius 1 is 0.287 bits per heavy atom. The molecule has 0 unspecified atom stereocenters. The van der Waals surface area contributed by atoms with Crippen LogP contribution in [0.25, 0.3) is 205 Å². The lowest BCUT2D eigenvalue weighted by molar-refractivity contribution is 0.653. The van der Waals surface area contributed by atoms with E-state index < -0.39 is 0 Å². The van der Waals surface area contributed by atoms with E-state index in [1.807, 2.05) is 84.9 Å². The number of aromatic nitrogens is 7. The molecule has 16 aromatic carbocycles. The van der Waals surface area contributed by atoms with E-state index in [1.54, 1.807) is 0 Å². The summed E-state index contributed by atoms with van der Waals surface area (Å²) in [5, 5.41) is 34.2. The Kier molecular flexibility index (Phi) is 15.6. The van der Waals surface area contributed by atoms with Crippen LogP contribution in [0.2, 0.25) is 0 Å². The number of nitrogens with zero attached hydrogens (tertiary/aromatic N) is 9. The fraction of sp³-hybridized carbons (Fsp3) is 0.00971. The summed E-state index contributed by atoms with van der Waals surface area (Å²) in [5.74, 6) is 0. The highest BCUT2D eigenvalue weighted by molar-refractivity contribution is 9.10. The van der Waals surface area contributed by atoms with E-state index in [1.165, 1.54) is 38.4 Å². The second-order valence-electron chi connectivity index (χ2n) is 29.1. The van der Waals surface area contributed by atoms with Crippen molar-refractivity contribution in [3.05, 3.63) is 379 Å². The van der Waals surface area contributed by atoms with Crippen molar-refractivity contribution < 1.29 is 8.83 Å². The quantitative estimate of drug-likeness (QED) is 0.154. The molecule has 0 aliphatic heterocycles. The first-order valence-corrected chi connectivity index (χ1v) is 39.0. The van der Waals surface area contributed by atoms with Crippen LogP contribution in [0.15, 0.2) is 365 Å². The first-order chi connectivity index (χ1) is 56.8. The molecule has 0 radical (unpaired) electrons. The molecule has 1 aliphatic carbocycles. The number of hydrogen-bond acceptors (Lipinski definition) is 8. The number of halogens is 1. The van der Waals surface area contributed by atoms with Gasteiger partial charge < -0.3 is 22.5 Å². The van der Waals surface area contributed by atoms with Gasteiger partial charge in [-0.3, -0.25) is 0 Å². The van der Waals surface area contributed by atoms with Crippen molar-refractivity contribution in [3.63, 3.8) is 0 Å². The summed E-state index contributed by atoms with van der Waals surface area (Å²) in [7, 11) is 0. The van der Waals surface area contributed by atoms with E-state index in [-0.39, 0.29) is 0 Å². The van der Waals surface area contributed by atoms with E-state index in [9.17, 15) is 10.5 Å². The van der Waals surface area contributed by atoms with Crippen molar-refractivity contribution in [2.75, 3.05) is 0 Å². The number of para-hydroxylation sites is 7. The van der Waals surface area contributed by atoms with Crippen molar-refractivity contribution in [1.29, 1.82) is 10.5 Å². The minimum atomic E-state index is 0.469. The van der Waals surface area contributed by atoms with Crippen LogP contribution in [0.4, 0.5) is 0 Å². The van der Waals surface area contributed by atoms with Gasteiger partial charge in [-0.05, 0) is 200 Å². The topological polar surface area (TPSA) is 140 Å². The summed E-state index contributed by atoms with van der Waals surface area (Å²) in [6.45, 7) is 0. The standard InChI is InChI=1S/C51H29N5O.C35H19BrN4O.C17H12/c52-30-35-26-33(22-24-42(35)56-44-20-10-7-17-38(44)41-27-31-12-4-5-13-32(31)29-46(41)56)48-49(54-51-50(53-48)39-18-8-11-21-47(39)57-51)34-23-25-45-40(28-34)37-16-6-9-19-43(37)55(45)36-14-2-1-3-15-36;36-28-16-14-21(18-23(28)20-37)32-33(39-35-34(38-32)26-11-5-7-13-31(26)41-35)22-15-17-30-27(19-22)25-10-4-6-12-29(25)40(30)24-8-2-1-3-9-24;1-2-6-13-11-17-15(9-12(13)5-1)10-14-7-3-4-8-16(14)17/h1-29H;1-19H;1-9,11H,10H2. The molecule has 0 spiro atoms. The van der Waals surface area contributed by atoms with E-state index in [0.29, 0.717) is 56.4 Å². The van der Waals surface area contributed by atoms with Crippen LogP contribution in [0.5, 0.6) is 0 Å². The Labute approximate surface area is 666 Å². The molecule has 11 nitrogen and oxygen atoms in total. The second-order valence-corrected chi connectivity index (χ2v) is 29.9. The number of benzene rings is 16. The van der Waals surface area contributed by atoms with Gasteiger partial charge in [-0.25, -0.2) is 19.9 Å². The van der Waals surface area contributed by atoms with E-state index in [0.717, 1.165) is 143 Å². The first kappa shape index (κ1) is 66.6. The van der Waals surface area contributed by atoms with Crippen molar-refractivity contribution in [1.82, 2.24) is 33.6 Å². The molecule has 0 atom stereocenters. The predicted octanol–water partition coefficient (Wildman–Crippen LogP) is 26.8. The Hall–Kier alpha value is -15.3. The van der Waals surface area contributed by atoms with Gasteiger partial charge in [0.05, 0.1) is 61.3 Å². The number of furan rings is 2. The van der Waals surface area contributed by atoms with Crippen molar-refractivity contribution in [2.45, 2.75) is 6.42 Å². The fourth-order valence-corrected chi connectivity index (χ4v) is 17.6. The maximum absolute atomic E-state index is 10.9. The zero-order valence-corrected chi connectivity index (χ0v) is 63.0. The van der Waals surface area contributed by atoms with Crippen LogP contribution < -0.4 is 0 Å². The number of hydrogen-bond donors (Lipinski definition) is 0. The van der Waals surface area contributed by atoms with Gasteiger partial charge in [-0.1, -0.05) is 218 Å². The van der Waals surface area contributed by atoms with Crippen LogP contribution >= 0.6 is 15.9 Å². The molecule has 1 aliphatic rings.